The predicted octanol–water partition coefficient (Wildman–Crippen LogP) is 3.91. The topological polar surface area (TPSA) is 49.0 Å². The number of anilines is 1. The molecule has 0 saturated carbocycles. The van der Waals surface area contributed by atoms with Crippen LogP contribution < -0.4 is 4.90 Å². The molecule has 1 aliphatic rings. The lowest BCUT2D eigenvalue weighted by Gasteiger charge is -2.42. The van der Waals surface area contributed by atoms with Crippen LogP contribution in [0.15, 0.2) is 48.5 Å². The molecule has 1 amide bonds. The van der Waals surface area contributed by atoms with Crippen molar-refractivity contribution in [2.45, 2.75) is 11.4 Å². The lowest BCUT2D eigenvalue weighted by atomic mass is 9.94. The number of H-pyrrole nitrogens is 1. The van der Waals surface area contributed by atoms with Gasteiger partial charge in [0, 0.05) is 5.02 Å². The number of nitrogens with one attached hydrogen (secondary N) is 1. The Labute approximate surface area is 136 Å². The van der Waals surface area contributed by atoms with Crippen molar-refractivity contribution in [3.05, 3.63) is 59.1 Å². The molecule has 1 fully saturated rings. The van der Waals surface area contributed by atoms with E-state index < -0.39 is 5.38 Å². The smallest absolute Gasteiger partial charge is 0.250 e. The molecule has 4 rings (SSSR count). The molecule has 0 spiro atoms. The fraction of sp³-hybridized carbons (Fsp3) is 0.125. The number of imidazole rings is 1. The van der Waals surface area contributed by atoms with Crippen LogP contribution in [0.5, 0.6) is 0 Å². The summed E-state index contributed by atoms with van der Waals surface area (Å²) in [6.07, 6.45) is 0. The van der Waals surface area contributed by atoms with Crippen LogP contribution in [0.3, 0.4) is 0 Å². The highest BCUT2D eigenvalue weighted by Crippen LogP contribution is 2.41. The average molecular weight is 332 g/mol. The van der Waals surface area contributed by atoms with Gasteiger partial charge in [-0.1, -0.05) is 35.9 Å². The normalized spacial score (nSPS) is 21.2. The number of β-lactam (4-membered cyclic amide) rings is 1. The summed E-state index contributed by atoms with van der Waals surface area (Å²) in [5.74, 6) is 0.365. The van der Waals surface area contributed by atoms with E-state index >= 15 is 0 Å². The van der Waals surface area contributed by atoms with Crippen LogP contribution in [0.1, 0.15) is 11.6 Å². The number of aromatic nitrogens is 2. The highest BCUT2D eigenvalue weighted by molar-refractivity contribution is 6.37. The summed E-state index contributed by atoms with van der Waals surface area (Å²) in [6, 6.07) is 14.7. The third kappa shape index (κ3) is 1.99. The van der Waals surface area contributed by atoms with Crippen LogP contribution in [0.4, 0.5) is 5.95 Å². The molecule has 1 saturated heterocycles. The van der Waals surface area contributed by atoms with Gasteiger partial charge in [0.05, 0.1) is 17.1 Å². The maximum Gasteiger partial charge on any atom is 0.250 e. The summed E-state index contributed by atoms with van der Waals surface area (Å²) in [7, 11) is 0. The number of nitrogens with zero attached hydrogens (tertiary/aromatic N) is 2. The third-order valence-corrected chi connectivity index (χ3v) is 4.52. The molecular weight excluding hydrogens is 321 g/mol. The number of aromatic amines is 1. The summed E-state index contributed by atoms with van der Waals surface area (Å²) < 4.78 is 0. The van der Waals surface area contributed by atoms with Crippen LogP contribution in [0, 0.1) is 0 Å². The first-order chi connectivity index (χ1) is 10.6. The third-order valence-electron chi connectivity index (χ3n) is 3.85. The number of hydrogen-bond donors (Lipinski definition) is 1. The van der Waals surface area contributed by atoms with E-state index in [1.165, 1.54) is 0 Å². The minimum absolute atomic E-state index is 0.152. The highest BCUT2D eigenvalue weighted by atomic mass is 35.5. The molecule has 1 aliphatic heterocycles. The molecule has 4 nitrogen and oxygen atoms in total. The molecule has 1 N–H and O–H groups in total. The van der Waals surface area contributed by atoms with Crippen LogP contribution in [-0.2, 0) is 4.79 Å². The van der Waals surface area contributed by atoms with Crippen LogP contribution >= 0.6 is 23.2 Å². The van der Waals surface area contributed by atoms with Gasteiger partial charge in [0.25, 0.3) is 5.91 Å². The summed E-state index contributed by atoms with van der Waals surface area (Å²) >= 11 is 12.1. The van der Waals surface area contributed by atoms with Crippen molar-refractivity contribution in [3.63, 3.8) is 0 Å². The molecule has 2 aromatic carbocycles. The van der Waals surface area contributed by atoms with E-state index in [1.54, 1.807) is 17.0 Å². The van der Waals surface area contributed by atoms with Gasteiger partial charge in [-0.2, -0.15) is 0 Å². The first kappa shape index (κ1) is 13.6. The zero-order chi connectivity index (χ0) is 15.3. The zero-order valence-corrected chi connectivity index (χ0v) is 12.8. The van der Waals surface area contributed by atoms with Gasteiger partial charge in [0.2, 0.25) is 5.95 Å². The molecule has 0 radical (unpaired) electrons. The van der Waals surface area contributed by atoms with Gasteiger partial charge in [0.15, 0.2) is 0 Å². The van der Waals surface area contributed by atoms with Crippen molar-refractivity contribution >= 4 is 46.1 Å². The Hall–Kier alpha value is -2.04. The number of benzene rings is 2. The molecular formula is C16H11Cl2N3O. The van der Waals surface area contributed by atoms with Crippen molar-refractivity contribution in [2.75, 3.05) is 4.90 Å². The number of rotatable bonds is 2. The second-order valence-corrected chi connectivity index (χ2v) is 6.09. The molecule has 0 aliphatic carbocycles. The fourth-order valence-electron chi connectivity index (χ4n) is 2.72. The predicted molar refractivity (Wildman–Crippen MR) is 87.4 cm³/mol. The number of alkyl halides is 1. The maximum absolute atomic E-state index is 12.2. The van der Waals surface area contributed by atoms with Crippen LogP contribution in [0.25, 0.3) is 11.0 Å². The van der Waals surface area contributed by atoms with Gasteiger partial charge >= 0.3 is 0 Å². The quantitative estimate of drug-likeness (QED) is 0.571. The Kier molecular flexibility index (Phi) is 3.10. The molecule has 1 aromatic heterocycles. The van der Waals surface area contributed by atoms with Crippen molar-refractivity contribution in [2.24, 2.45) is 0 Å². The van der Waals surface area contributed by atoms with E-state index in [-0.39, 0.29) is 11.9 Å². The lowest BCUT2D eigenvalue weighted by molar-refractivity contribution is -0.123. The molecule has 22 heavy (non-hydrogen) atoms. The molecule has 6 heteroatoms. The summed E-state index contributed by atoms with van der Waals surface area (Å²) in [5, 5.41) is 0.0604. The number of amides is 1. The molecule has 2 heterocycles. The number of halogens is 2. The number of hydrogen-bond acceptors (Lipinski definition) is 2. The Morgan fingerprint density at radius 3 is 2.55 bits per heavy atom. The summed E-state index contributed by atoms with van der Waals surface area (Å²) in [5.41, 5.74) is 2.64. The molecule has 110 valence electrons. The van der Waals surface area contributed by atoms with E-state index in [1.807, 2.05) is 36.4 Å². The van der Waals surface area contributed by atoms with Crippen molar-refractivity contribution in [1.82, 2.24) is 9.97 Å². The first-order valence-electron chi connectivity index (χ1n) is 6.82. The molecule has 2 unspecified atom stereocenters. The SMILES string of the molecule is O=C1C(Cl)C(c2ccc(Cl)cc2)N1c1nc2ccccc2[nH]1. The number of fused-ring (bicyclic) bond motifs is 1. The Morgan fingerprint density at radius 2 is 1.82 bits per heavy atom. The first-order valence-corrected chi connectivity index (χ1v) is 7.64. The lowest BCUT2D eigenvalue weighted by Crippen LogP contribution is -2.57. The second-order valence-electron chi connectivity index (χ2n) is 5.18. The van der Waals surface area contributed by atoms with E-state index in [0.29, 0.717) is 11.0 Å². The minimum atomic E-state index is -0.589. The zero-order valence-electron chi connectivity index (χ0n) is 11.3. The van der Waals surface area contributed by atoms with Crippen LogP contribution in [0.2, 0.25) is 5.02 Å². The largest absolute Gasteiger partial charge is 0.324 e. The number of para-hydroxylation sites is 2. The molecule has 2 atom stereocenters. The van der Waals surface area contributed by atoms with E-state index in [0.717, 1.165) is 16.6 Å². The highest BCUT2D eigenvalue weighted by Gasteiger charge is 2.49. The second kappa shape index (κ2) is 5.00. The Balaban J connectivity index is 1.75. The maximum atomic E-state index is 12.2. The Morgan fingerprint density at radius 1 is 1.09 bits per heavy atom. The standard InChI is InChI=1S/C16H11Cl2N3O/c17-10-7-5-9(6-8-10)14-13(18)15(22)21(14)16-19-11-3-1-2-4-12(11)20-16/h1-8,13-14H,(H,19,20). The summed E-state index contributed by atoms with van der Waals surface area (Å²) in [4.78, 5) is 21.4. The van der Waals surface area contributed by atoms with Gasteiger partial charge in [-0.3, -0.25) is 9.69 Å². The van der Waals surface area contributed by atoms with Crippen molar-refractivity contribution in [3.8, 4) is 0 Å². The fourth-order valence-corrected chi connectivity index (χ4v) is 3.21. The van der Waals surface area contributed by atoms with Gasteiger partial charge in [-0.05, 0) is 29.8 Å². The van der Waals surface area contributed by atoms with Gasteiger partial charge in [-0.15, -0.1) is 11.6 Å². The van der Waals surface area contributed by atoms with Crippen molar-refractivity contribution < 1.29 is 4.79 Å². The van der Waals surface area contributed by atoms with E-state index in [4.69, 9.17) is 23.2 Å². The summed E-state index contributed by atoms with van der Waals surface area (Å²) in [6.45, 7) is 0. The Bertz CT molecular complexity index is 826. The minimum Gasteiger partial charge on any atom is -0.324 e. The monoisotopic (exact) mass is 331 g/mol. The van der Waals surface area contributed by atoms with Gasteiger partial charge in [-0.25, -0.2) is 4.98 Å². The van der Waals surface area contributed by atoms with E-state index in [2.05, 4.69) is 9.97 Å². The van der Waals surface area contributed by atoms with Crippen LogP contribution in [-0.4, -0.2) is 21.3 Å². The molecule has 3 aromatic rings. The van der Waals surface area contributed by atoms with Crippen molar-refractivity contribution in [1.29, 1.82) is 0 Å². The van der Waals surface area contributed by atoms with Gasteiger partial charge < -0.3 is 4.98 Å². The molecule has 0 bridgehead atoms. The number of carbonyl (C=O) groups is 1. The van der Waals surface area contributed by atoms with E-state index in [9.17, 15) is 4.79 Å². The van der Waals surface area contributed by atoms with Gasteiger partial charge in [0.1, 0.15) is 5.38 Å². The average Bonchev–Trinajstić information content (AvgIpc) is 2.95. The number of carbonyl (C=O) groups excluding carboxylic acids is 1.